The lowest BCUT2D eigenvalue weighted by Crippen LogP contribution is -2.07. The van der Waals surface area contributed by atoms with Crippen LogP contribution in [0.25, 0.3) is 0 Å². The van der Waals surface area contributed by atoms with Gasteiger partial charge in [-0.2, -0.15) is 0 Å². The van der Waals surface area contributed by atoms with Crippen molar-refractivity contribution < 1.29 is 9.85 Å². The number of nitrogen functional groups attached to an aromatic ring is 1. The van der Waals surface area contributed by atoms with Crippen molar-refractivity contribution in [1.29, 1.82) is 0 Å². The Labute approximate surface area is 97.5 Å². The standard InChI is InChI=1S/C10H13N3O4/c1-5(2)8-6(3)4-7(12(14)15)9(11)10(8)13(16)17/h4-5H,11H2,1-3H3. The van der Waals surface area contributed by atoms with Crippen molar-refractivity contribution in [3.63, 3.8) is 0 Å². The van der Waals surface area contributed by atoms with E-state index in [0.29, 0.717) is 11.1 Å². The summed E-state index contributed by atoms with van der Waals surface area (Å²) in [7, 11) is 0. The smallest absolute Gasteiger partial charge is 0.302 e. The summed E-state index contributed by atoms with van der Waals surface area (Å²) in [5.74, 6) is -0.126. The molecule has 2 N–H and O–H groups in total. The third-order valence-corrected chi connectivity index (χ3v) is 2.52. The average Bonchev–Trinajstić information content (AvgIpc) is 2.18. The van der Waals surface area contributed by atoms with E-state index in [1.165, 1.54) is 6.07 Å². The first-order valence-corrected chi connectivity index (χ1v) is 4.99. The van der Waals surface area contributed by atoms with Crippen LogP contribution in [0.1, 0.15) is 30.9 Å². The highest BCUT2D eigenvalue weighted by Crippen LogP contribution is 2.40. The van der Waals surface area contributed by atoms with E-state index in [4.69, 9.17) is 5.73 Å². The quantitative estimate of drug-likeness (QED) is 0.494. The Hall–Kier alpha value is -2.18. The predicted molar refractivity (Wildman–Crippen MR) is 63.0 cm³/mol. The van der Waals surface area contributed by atoms with E-state index in [-0.39, 0.29) is 17.3 Å². The van der Waals surface area contributed by atoms with Crippen LogP contribution in [0.2, 0.25) is 0 Å². The van der Waals surface area contributed by atoms with Crippen molar-refractivity contribution >= 4 is 17.1 Å². The van der Waals surface area contributed by atoms with Crippen LogP contribution in [0.15, 0.2) is 6.07 Å². The fourth-order valence-electron chi connectivity index (χ4n) is 1.89. The van der Waals surface area contributed by atoms with Gasteiger partial charge in [0.15, 0.2) is 5.69 Å². The zero-order valence-corrected chi connectivity index (χ0v) is 9.76. The van der Waals surface area contributed by atoms with E-state index in [9.17, 15) is 20.2 Å². The minimum absolute atomic E-state index is 0.126. The number of nitrogens with zero attached hydrogens (tertiary/aromatic N) is 2. The van der Waals surface area contributed by atoms with Crippen LogP contribution < -0.4 is 5.73 Å². The summed E-state index contributed by atoms with van der Waals surface area (Å²) in [6, 6.07) is 1.28. The van der Waals surface area contributed by atoms with Gasteiger partial charge in [-0.15, -0.1) is 0 Å². The van der Waals surface area contributed by atoms with Crippen molar-refractivity contribution in [3.8, 4) is 0 Å². The van der Waals surface area contributed by atoms with E-state index in [1.54, 1.807) is 20.8 Å². The summed E-state index contributed by atoms with van der Waals surface area (Å²) in [4.78, 5) is 20.3. The molecule has 1 aromatic rings. The van der Waals surface area contributed by atoms with Crippen LogP contribution in [0, 0.1) is 27.2 Å². The molecule has 17 heavy (non-hydrogen) atoms. The Bertz CT molecular complexity index is 497. The molecule has 7 heteroatoms. The molecule has 92 valence electrons. The highest BCUT2D eigenvalue weighted by molar-refractivity contribution is 5.75. The van der Waals surface area contributed by atoms with Crippen molar-refractivity contribution in [2.75, 3.05) is 5.73 Å². The van der Waals surface area contributed by atoms with Gasteiger partial charge >= 0.3 is 5.69 Å². The molecule has 0 amide bonds. The Balaban J connectivity index is 3.71. The number of nitro groups is 2. The fourth-order valence-corrected chi connectivity index (χ4v) is 1.89. The minimum atomic E-state index is -0.709. The summed E-state index contributed by atoms with van der Waals surface area (Å²) < 4.78 is 0. The second-order valence-corrected chi connectivity index (χ2v) is 4.06. The molecule has 7 nitrogen and oxygen atoms in total. The molecule has 0 aliphatic carbocycles. The second kappa shape index (κ2) is 4.36. The highest BCUT2D eigenvalue weighted by Gasteiger charge is 2.30. The molecule has 0 fully saturated rings. The average molecular weight is 239 g/mol. The highest BCUT2D eigenvalue weighted by atomic mass is 16.6. The molecule has 0 radical (unpaired) electrons. The zero-order chi connectivity index (χ0) is 13.3. The van der Waals surface area contributed by atoms with Gasteiger partial charge < -0.3 is 5.73 Å². The van der Waals surface area contributed by atoms with Crippen molar-refractivity contribution in [2.45, 2.75) is 26.7 Å². The summed E-state index contributed by atoms with van der Waals surface area (Å²) >= 11 is 0. The lowest BCUT2D eigenvalue weighted by atomic mass is 9.94. The summed E-state index contributed by atoms with van der Waals surface area (Å²) in [6.07, 6.45) is 0. The van der Waals surface area contributed by atoms with E-state index < -0.39 is 15.5 Å². The first-order valence-electron chi connectivity index (χ1n) is 4.99. The summed E-state index contributed by atoms with van der Waals surface area (Å²) in [6.45, 7) is 5.16. The lowest BCUT2D eigenvalue weighted by Gasteiger charge is -2.11. The monoisotopic (exact) mass is 239 g/mol. The van der Waals surface area contributed by atoms with Gasteiger partial charge in [-0.1, -0.05) is 13.8 Å². The van der Waals surface area contributed by atoms with Crippen molar-refractivity contribution in [2.24, 2.45) is 0 Å². The normalized spacial score (nSPS) is 10.6. The first kappa shape index (κ1) is 12.9. The molecular weight excluding hydrogens is 226 g/mol. The molecule has 0 saturated carbocycles. The number of benzene rings is 1. The van der Waals surface area contributed by atoms with Crippen molar-refractivity contribution in [3.05, 3.63) is 37.4 Å². The Morgan fingerprint density at radius 3 is 2.12 bits per heavy atom. The molecule has 0 unspecified atom stereocenters. The molecule has 0 spiro atoms. The van der Waals surface area contributed by atoms with Gasteiger partial charge in [-0.3, -0.25) is 20.2 Å². The number of nitrogens with two attached hydrogens (primary N) is 1. The van der Waals surface area contributed by atoms with Gasteiger partial charge in [0.2, 0.25) is 0 Å². The van der Waals surface area contributed by atoms with E-state index in [0.717, 1.165) is 0 Å². The second-order valence-electron chi connectivity index (χ2n) is 4.06. The molecule has 1 rings (SSSR count). The Kier molecular flexibility index (Phi) is 3.31. The van der Waals surface area contributed by atoms with Gasteiger partial charge in [-0.05, 0) is 18.4 Å². The van der Waals surface area contributed by atoms with E-state index >= 15 is 0 Å². The molecule has 0 heterocycles. The maximum absolute atomic E-state index is 11.0. The molecule has 0 atom stereocenters. The molecule has 0 bridgehead atoms. The number of nitro benzene ring substituents is 2. The predicted octanol–water partition coefficient (Wildman–Crippen LogP) is 2.52. The molecule has 1 aromatic carbocycles. The van der Waals surface area contributed by atoms with E-state index in [2.05, 4.69) is 0 Å². The number of hydrogen-bond acceptors (Lipinski definition) is 5. The van der Waals surface area contributed by atoms with Gasteiger partial charge in [0, 0.05) is 11.6 Å². The first-order chi connectivity index (χ1) is 7.77. The van der Waals surface area contributed by atoms with Crippen LogP contribution in [0.4, 0.5) is 17.1 Å². The van der Waals surface area contributed by atoms with Crippen molar-refractivity contribution in [1.82, 2.24) is 0 Å². The van der Waals surface area contributed by atoms with Gasteiger partial charge in [0.25, 0.3) is 5.69 Å². The number of aryl methyl sites for hydroxylation is 1. The zero-order valence-electron chi connectivity index (χ0n) is 9.76. The molecule has 0 aliphatic rings. The SMILES string of the molecule is Cc1cc([N+](=O)[O-])c(N)c([N+](=O)[O-])c1C(C)C. The number of rotatable bonds is 3. The van der Waals surface area contributed by atoms with Gasteiger partial charge in [0.05, 0.1) is 9.85 Å². The van der Waals surface area contributed by atoms with E-state index in [1.807, 2.05) is 0 Å². The lowest BCUT2D eigenvalue weighted by molar-refractivity contribution is -0.392. The molecule has 0 aliphatic heterocycles. The van der Waals surface area contributed by atoms with Gasteiger partial charge in [-0.25, -0.2) is 0 Å². The maximum atomic E-state index is 11.0. The summed E-state index contributed by atoms with van der Waals surface area (Å²) in [5.41, 5.74) is 5.31. The number of anilines is 1. The third kappa shape index (κ3) is 2.17. The molecule has 0 saturated heterocycles. The fraction of sp³-hybridized carbons (Fsp3) is 0.400. The van der Waals surface area contributed by atoms with Crippen LogP contribution in [0.5, 0.6) is 0 Å². The number of hydrogen-bond donors (Lipinski definition) is 1. The molecule has 0 aromatic heterocycles. The third-order valence-electron chi connectivity index (χ3n) is 2.52. The Morgan fingerprint density at radius 1 is 1.24 bits per heavy atom. The van der Waals surface area contributed by atoms with Crippen LogP contribution in [-0.2, 0) is 0 Å². The maximum Gasteiger partial charge on any atom is 0.302 e. The Morgan fingerprint density at radius 2 is 1.76 bits per heavy atom. The summed E-state index contributed by atoms with van der Waals surface area (Å²) in [5, 5.41) is 21.7. The van der Waals surface area contributed by atoms with Gasteiger partial charge in [0.1, 0.15) is 0 Å². The molecular formula is C10H13N3O4. The van der Waals surface area contributed by atoms with Crippen LogP contribution in [-0.4, -0.2) is 9.85 Å². The van der Waals surface area contributed by atoms with Crippen LogP contribution in [0.3, 0.4) is 0 Å². The minimum Gasteiger partial charge on any atom is -0.387 e. The topological polar surface area (TPSA) is 112 Å². The van der Waals surface area contributed by atoms with Crippen LogP contribution >= 0.6 is 0 Å². The largest absolute Gasteiger partial charge is 0.387 e.